The summed E-state index contributed by atoms with van der Waals surface area (Å²) in [6, 6.07) is 31.4. The highest BCUT2D eigenvalue weighted by molar-refractivity contribution is 7.98. The largest absolute Gasteiger partial charge is 0.287 e. The molecule has 0 aliphatic carbocycles. The van der Waals surface area contributed by atoms with E-state index in [1.807, 2.05) is 24.4 Å². The average molecular weight is 342 g/mol. The van der Waals surface area contributed by atoms with Gasteiger partial charge in [-0.3, -0.25) is 4.57 Å². The topological polar surface area (TPSA) is 17.8 Å². The van der Waals surface area contributed by atoms with Crippen LogP contribution < -0.4 is 0 Å². The first-order chi connectivity index (χ1) is 12.4. The molecule has 0 saturated heterocycles. The maximum atomic E-state index is 4.71. The van der Waals surface area contributed by atoms with Crippen LogP contribution in [0.3, 0.4) is 0 Å². The van der Waals surface area contributed by atoms with Crippen LogP contribution in [0.1, 0.15) is 5.56 Å². The molecule has 122 valence electrons. The number of nitrogens with zero attached hydrogens (tertiary/aromatic N) is 2. The molecule has 0 atom stereocenters. The van der Waals surface area contributed by atoms with E-state index in [1.165, 1.54) is 11.1 Å². The third kappa shape index (κ3) is 3.52. The van der Waals surface area contributed by atoms with Crippen molar-refractivity contribution in [3.8, 4) is 16.9 Å². The van der Waals surface area contributed by atoms with Gasteiger partial charge in [0, 0.05) is 17.0 Å². The maximum absolute atomic E-state index is 4.71. The highest BCUT2D eigenvalue weighted by Gasteiger charge is 2.13. The van der Waals surface area contributed by atoms with Crippen LogP contribution in [0.2, 0.25) is 0 Å². The van der Waals surface area contributed by atoms with Crippen molar-refractivity contribution < 1.29 is 0 Å². The van der Waals surface area contributed by atoms with E-state index in [1.54, 1.807) is 11.8 Å². The fraction of sp³-hybridized carbons (Fsp3) is 0.0455. The van der Waals surface area contributed by atoms with Crippen LogP contribution >= 0.6 is 11.8 Å². The van der Waals surface area contributed by atoms with Crippen molar-refractivity contribution in [2.45, 2.75) is 10.9 Å². The normalized spacial score (nSPS) is 10.7. The summed E-state index contributed by atoms with van der Waals surface area (Å²) >= 11 is 1.76. The summed E-state index contributed by atoms with van der Waals surface area (Å²) in [6.07, 6.45) is 1.97. The lowest BCUT2D eigenvalue weighted by molar-refractivity contribution is 0.900. The lowest BCUT2D eigenvalue weighted by Gasteiger charge is -2.12. The molecule has 2 nitrogen and oxygen atoms in total. The van der Waals surface area contributed by atoms with Gasteiger partial charge in [0.15, 0.2) is 5.16 Å². The minimum absolute atomic E-state index is 0.902. The number of rotatable bonds is 5. The van der Waals surface area contributed by atoms with Gasteiger partial charge >= 0.3 is 0 Å². The third-order valence-corrected chi connectivity index (χ3v) is 5.05. The second kappa shape index (κ2) is 7.41. The summed E-state index contributed by atoms with van der Waals surface area (Å²) in [6.45, 7) is 0. The van der Waals surface area contributed by atoms with E-state index >= 15 is 0 Å². The highest BCUT2D eigenvalue weighted by Crippen LogP contribution is 2.31. The van der Waals surface area contributed by atoms with Crippen LogP contribution in [-0.2, 0) is 5.75 Å². The SMILES string of the molecule is c1ccc(CSc2ncc(-c3ccccc3)n2-c2ccccc2)cc1. The number of hydrogen-bond donors (Lipinski definition) is 0. The summed E-state index contributed by atoms with van der Waals surface area (Å²) in [5.74, 6) is 0.902. The van der Waals surface area contributed by atoms with Gasteiger partial charge in [0.2, 0.25) is 0 Å². The van der Waals surface area contributed by atoms with Crippen LogP contribution in [-0.4, -0.2) is 9.55 Å². The number of thioether (sulfide) groups is 1. The van der Waals surface area contributed by atoms with E-state index < -0.39 is 0 Å². The molecule has 4 aromatic rings. The Labute approximate surface area is 152 Å². The Hall–Kier alpha value is -2.78. The van der Waals surface area contributed by atoms with Crippen molar-refractivity contribution in [1.82, 2.24) is 9.55 Å². The fourth-order valence-corrected chi connectivity index (χ4v) is 3.75. The molecule has 4 rings (SSSR count). The summed E-state index contributed by atoms with van der Waals surface area (Å²) in [5.41, 5.74) is 4.72. The maximum Gasteiger partial charge on any atom is 0.173 e. The summed E-state index contributed by atoms with van der Waals surface area (Å²) < 4.78 is 2.24. The van der Waals surface area contributed by atoms with E-state index in [-0.39, 0.29) is 0 Å². The van der Waals surface area contributed by atoms with E-state index in [9.17, 15) is 0 Å². The Bertz CT molecular complexity index is 932. The molecule has 0 aliphatic heterocycles. The average Bonchev–Trinajstić information content (AvgIpc) is 3.12. The van der Waals surface area contributed by atoms with Crippen molar-refractivity contribution in [1.29, 1.82) is 0 Å². The number of benzene rings is 3. The summed E-state index contributed by atoms with van der Waals surface area (Å²) in [5, 5.41) is 1.01. The number of imidazole rings is 1. The molecule has 0 radical (unpaired) electrons. The van der Waals surface area contributed by atoms with E-state index in [0.29, 0.717) is 0 Å². The molecule has 25 heavy (non-hydrogen) atoms. The van der Waals surface area contributed by atoms with Crippen LogP contribution in [0.15, 0.2) is 102 Å². The molecule has 0 amide bonds. The van der Waals surface area contributed by atoms with Crippen LogP contribution in [0.5, 0.6) is 0 Å². The van der Waals surface area contributed by atoms with Crippen molar-refractivity contribution in [3.63, 3.8) is 0 Å². The van der Waals surface area contributed by atoms with Crippen molar-refractivity contribution in [3.05, 3.63) is 103 Å². The van der Waals surface area contributed by atoms with Gasteiger partial charge in [-0.15, -0.1) is 0 Å². The molecule has 0 bridgehead atoms. The molecular formula is C22H18N2S. The molecule has 0 fully saturated rings. The molecule has 3 heteroatoms. The van der Waals surface area contributed by atoms with Gasteiger partial charge in [-0.05, 0) is 17.7 Å². The molecule has 1 aromatic heterocycles. The molecule has 1 heterocycles. The third-order valence-electron chi connectivity index (χ3n) is 4.02. The minimum atomic E-state index is 0.902. The monoisotopic (exact) mass is 342 g/mol. The van der Waals surface area contributed by atoms with Crippen LogP contribution in [0.4, 0.5) is 0 Å². The zero-order valence-corrected chi connectivity index (χ0v) is 14.6. The Balaban J connectivity index is 1.73. The second-order valence-corrected chi connectivity index (χ2v) is 6.68. The zero-order chi connectivity index (χ0) is 16.9. The molecule has 0 unspecified atom stereocenters. The highest BCUT2D eigenvalue weighted by atomic mass is 32.2. The smallest absolute Gasteiger partial charge is 0.173 e. The molecule has 0 spiro atoms. The molecular weight excluding hydrogens is 324 g/mol. The van der Waals surface area contributed by atoms with Crippen molar-refractivity contribution in [2.24, 2.45) is 0 Å². The Morgan fingerprint density at radius 2 is 1.32 bits per heavy atom. The predicted molar refractivity (Wildman–Crippen MR) is 105 cm³/mol. The lowest BCUT2D eigenvalue weighted by atomic mass is 10.1. The first kappa shape index (κ1) is 15.7. The molecule has 0 aliphatic rings. The van der Waals surface area contributed by atoms with Crippen LogP contribution in [0, 0.1) is 0 Å². The fourth-order valence-electron chi connectivity index (χ4n) is 2.80. The first-order valence-corrected chi connectivity index (χ1v) is 9.26. The van der Waals surface area contributed by atoms with Gasteiger partial charge in [0.1, 0.15) is 0 Å². The zero-order valence-electron chi connectivity index (χ0n) is 13.7. The summed E-state index contributed by atoms with van der Waals surface area (Å²) in [4.78, 5) is 4.71. The van der Waals surface area contributed by atoms with Gasteiger partial charge < -0.3 is 0 Å². The van der Waals surface area contributed by atoms with Crippen molar-refractivity contribution >= 4 is 11.8 Å². The van der Waals surface area contributed by atoms with Gasteiger partial charge in [0.05, 0.1) is 11.9 Å². The number of aromatic nitrogens is 2. The second-order valence-electron chi connectivity index (χ2n) is 5.74. The molecule has 3 aromatic carbocycles. The standard InChI is InChI=1S/C22H18N2S/c1-4-10-18(11-5-1)17-25-22-23-16-21(19-12-6-2-7-13-19)24(22)20-14-8-3-9-15-20/h1-16H,17H2. The van der Waals surface area contributed by atoms with Gasteiger partial charge in [-0.1, -0.05) is 90.6 Å². The molecule has 0 N–H and O–H groups in total. The van der Waals surface area contributed by atoms with E-state index in [4.69, 9.17) is 4.98 Å². The Morgan fingerprint density at radius 3 is 2.00 bits per heavy atom. The first-order valence-electron chi connectivity index (χ1n) is 8.27. The number of hydrogen-bond acceptors (Lipinski definition) is 2. The van der Waals surface area contributed by atoms with Gasteiger partial charge in [-0.25, -0.2) is 4.98 Å². The Kier molecular flexibility index (Phi) is 4.66. The number of para-hydroxylation sites is 1. The minimum Gasteiger partial charge on any atom is -0.287 e. The molecule has 0 saturated carbocycles. The van der Waals surface area contributed by atoms with Crippen molar-refractivity contribution in [2.75, 3.05) is 0 Å². The van der Waals surface area contributed by atoms with Gasteiger partial charge in [-0.2, -0.15) is 0 Å². The van der Waals surface area contributed by atoms with E-state index in [2.05, 4.69) is 77.4 Å². The van der Waals surface area contributed by atoms with E-state index in [0.717, 1.165) is 22.3 Å². The quantitative estimate of drug-likeness (QED) is 0.425. The summed E-state index contributed by atoms with van der Waals surface area (Å²) in [7, 11) is 0. The van der Waals surface area contributed by atoms with Gasteiger partial charge in [0.25, 0.3) is 0 Å². The van der Waals surface area contributed by atoms with Crippen LogP contribution in [0.25, 0.3) is 16.9 Å². The lowest BCUT2D eigenvalue weighted by Crippen LogP contribution is -1.99. The Morgan fingerprint density at radius 1 is 0.720 bits per heavy atom. The predicted octanol–water partition coefficient (Wildman–Crippen LogP) is 5.83.